The van der Waals surface area contributed by atoms with E-state index >= 15 is 0 Å². The van der Waals surface area contributed by atoms with Crippen molar-refractivity contribution in [3.8, 4) is 12.1 Å². The Morgan fingerprint density at radius 3 is 1.12 bits per heavy atom. The van der Waals surface area contributed by atoms with Crippen LogP contribution in [-0.2, 0) is 0 Å². The average molecular weight is 355 g/mol. The van der Waals surface area contributed by atoms with E-state index in [0.29, 0.717) is 12.8 Å². The van der Waals surface area contributed by atoms with Gasteiger partial charge in [-0.2, -0.15) is 10.5 Å². The minimum atomic E-state index is 0.645. The lowest BCUT2D eigenvalue weighted by atomic mass is 10.2. The molecule has 0 radical (unpaired) electrons. The SMILES string of the molecule is CC/C=C/CCC/C=C/CCC#N.CC/C=C\CCC/C=C\CCC#N. The lowest BCUT2D eigenvalue weighted by molar-refractivity contribution is 0.860. The number of hydrogen-bond acceptors (Lipinski definition) is 2. The van der Waals surface area contributed by atoms with Gasteiger partial charge in [0.25, 0.3) is 0 Å². The number of hydrogen-bond donors (Lipinski definition) is 0. The van der Waals surface area contributed by atoms with Crippen LogP contribution in [0.5, 0.6) is 0 Å². The molecule has 0 saturated carbocycles. The summed E-state index contributed by atoms with van der Waals surface area (Å²) in [6, 6.07) is 4.25. The molecule has 0 N–H and O–H groups in total. The fourth-order valence-corrected chi connectivity index (χ4v) is 2.04. The second kappa shape index (κ2) is 27.8. The molecule has 0 aliphatic rings. The van der Waals surface area contributed by atoms with E-state index in [4.69, 9.17) is 10.5 Å². The molecule has 0 fully saturated rings. The molecule has 0 spiro atoms. The van der Waals surface area contributed by atoms with Crippen molar-refractivity contribution in [2.24, 2.45) is 0 Å². The highest BCUT2D eigenvalue weighted by atomic mass is 14.2. The predicted molar refractivity (Wildman–Crippen MR) is 115 cm³/mol. The van der Waals surface area contributed by atoms with Crippen LogP contribution in [0.1, 0.15) is 90.9 Å². The van der Waals surface area contributed by atoms with Crippen LogP contribution in [-0.4, -0.2) is 0 Å². The van der Waals surface area contributed by atoms with Gasteiger partial charge in [0.1, 0.15) is 0 Å². The lowest BCUT2D eigenvalue weighted by Gasteiger charge is -1.89. The number of allylic oxidation sites excluding steroid dienone is 8. The first kappa shape index (κ1) is 26.2. The summed E-state index contributed by atoms with van der Waals surface area (Å²) in [7, 11) is 0. The molecule has 0 heterocycles. The highest BCUT2D eigenvalue weighted by molar-refractivity contribution is 4.88. The van der Waals surface area contributed by atoms with Crippen LogP contribution in [0.4, 0.5) is 0 Å². The molecule has 0 aliphatic carbocycles. The van der Waals surface area contributed by atoms with E-state index in [0.717, 1.165) is 38.5 Å². The summed E-state index contributed by atoms with van der Waals surface area (Å²) in [4.78, 5) is 0. The van der Waals surface area contributed by atoms with Crippen molar-refractivity contribution in [2.75, 3.05) is 0 Å². The van der Waals surface area contributed by atoms with Crippen molar-refractivity contribution < 1.29 is 0 Å². The first-order valence-electron chi connectivity index (χ1n) is 10.2. The van der Waals surface area contributed by atoms with Gasteiger partial charge in [0.15, 0.2) is 0 Å². The maximum absolute atomic E-state index is 8.27. The number of unbranched alkanes of at least 4 members (excludes halogenated alkanes) is 6. The monoisotopic (exact) mass is 354 g/mol. The van der Waals surface area contributed by atoms with E-state index in [2.05, 4.69) is 74.6 Å². The van der Waals surface area contributed by atoms with Gasteiger partial charge in [-0.25, -0.2) is 0 Å². The zero-order valence-electron chi connectivity index (χ0n) is 17.0. The molecule has 26 heavy (non-hydrogen) atoms. The number of nitriles is 2. The molecular weight excluding hydrogens is 316 g/mol. The number of nitrogens with zero attached hydrogens (tertiary/aromatic N) is 2. The van der Waals surface area contributed by atoms with Crippen molar-refractivity contribution in [3.05, 3.63) is 48.6 Å². The first-order chi connectivity index (χ1) is 12.8. The molecule has 0 aromatic carbocycles. The molecule has 2 heteroatoms. The van der Waals surface area contributed by atoms with Gasteiger partial charge < -0.3 is 0 Å². The van der Waals surface area contributed by atoms with Crippen molar-refractivity contribution in [3.63, 3.8) is 0 Å². The second-order valence-corrected chi connectivity index (χ2v) is 5.96. The summed E-state index contributed by atoms with van der Waals surface area (Å²) in [5, 5.41) is 16.5. The third-order valence-corrected chi connectivity index (χ3v) is 3.47. The maximum atomic E-state index is 8.27. The normalized spacial score (nSPS) is 11.1. The van der Waals surface area contributed by atoms with Crippen molar-refractivity contribution in [1.29, 1.82) is 10.5 Å². The van der Waals surface area contributed by atoms with Gasteiger partial charge >= 0.3 is 0 Å². The largest absolute Gasteiger partial charge is 0.198 e. The maximum Gasteiger partial charge on any atom is 0.0624 e. The topological polar surface area (TPSA) is 47.6 Å². The van der Waals surface area contributed by atoms with E-state index in [-0.39, 0.29) is 0 Å². The fraction of sp³-hybridized carbons (Fsp3) is 0.583. The zero-order valence-corrected chi connectivity index (χ0v) is 17.0. The molecule has 0 saturated heterocycles. The standard InChI is InChI=1S/2C12H19N/c2*1-2-3-4-5-6-7-8-9-10-11-12-13/h2*3-4,8-9H,2,5-7,10-11H2,1H3/b4-3+,9-8+;4-3-,9-8-. The molecule has 0 aromatic rings. The summed E-state index contributed by atoms with van der Waals surface area (Å²) >= 11 is 0. The van der Waals surface area contributed by atoms with E-state index in [1.807, 2.05) is 0 Å². The Balaban J connectivity index is 0. The van der Waals surface area contributed by atoms with Gasteiger partial charge in [-0.1, -0.05) is 62.5 Å². The van der Waals surface area contributed by atoms with E-state index in [9.17, 15) is 0 Å². The third kappa shape index (κ3) is 29.9. The van der Waals surface area contributed by atoms with Crippen LogP contribution in [0.25, 0.3) is 0 Å². The van der Waals surface area contributed by atoms with E-state index in [1.165, 1.54) is 25.7 Å². The molecule has 0 unspecified atom stereocenters. The van der Waals surface area contributed by atoms with Gasteiger partial charge in [0.2, 0.25) is 0 Å². The smallest absolute Gasteiger partial charge is 0.0624 e. The van der Waals surface area contributed by atoms with Gasteiger partial charge in [0.05, 0.1) is 12.1 Å². The van der Waals surface area contributed by atoms with Crippen molar-refractivity contribution in [2.45, 2.75) is 90.9 Å². The first-order valence-corrected chi connectivity index (χ1v) is 10.2. The molecule has 0 amide bonds. The van der Waals surface area contributed by atoms with Crippen LogP contribution in [0.2, 0.25) is 0 Å². The Hall–Kier alpha value is -2.06. The summed E-state index contributed by atoms with van der Waals surface area (Å²) < 4.78 is 0. The highest BCUT2D eigenvalue weighted by Crippen LogP contribution is 2.01. The zero-order chi connectivity index (χ0) is 19.6. The summed E-state index contributed by atoms with van der Waals surface area (Å²) in [5.41, 5.74) is 0. The molecule has 0 aliphatic heterocycles. The quantitative estimate of drug-likeness (QED) is 0.234. The van der Waals surface area contributed by atoms with Gasteiger partial charge in [-0.05, 0) is 64.2 Å². The Kier molecular flexibility index (Phi) is 28.0. The van der Waals surface area contributed by atoms with Crippen molar-refractivity contribution in [1.82, 2.24) is 0 Å². The summed E-state index contributed by atoms with van der Waals surface area (Å²) in [6.45, 7) is 4.30. The Morgan fingerprint density at radius 2 is 0.808 bits per heavy atom. The molecule has 0 rings (SSSR count). The van der Waals surface area contributed by atoms with E-state index < -0.39 is 0 Å². The van der Waals surface area contributed by atoms with Crippen LogP contribution in [0.15, 0.2) is 48.6 Å². The van der Waals surface area contributed by atoms with Crippen LogP contribution in [0, 0.1) is 22.7 Å². The van der Waals surface area contributed by atoms with Crippen LogP contribution < -0.4 is 0 Å². The average Bonchev–Trinajstić information content (AvgIpc) is 2.66. The molecule has 2 nitrogen and oxygen atoms in total. The third-order valence-electron chi connectivity index (χ3n) is 3.47. The van der Waals surface area contributed by atoms with Crippen LogP contribution >= 0.6 is 0 Å². The van der Waals surface area contributed by atoms with Gasteiger partial charge in [-0.3, -0.25) is 0 Å². The molecular formula is C24H38N2. The second-order valence-electron chi connectivity index (χ2n) is 5.96. The molecule has 0 atom stereocenters. The lowest BCUT2D eigenvalue weighted by Crippen LogP contribution is -1.70. The Morgan fingerprint density at radius 1 is 0.500 bits per heavy atom. The fourth-order valence-electron chi connectivity index (χ4n) is 2.04. The summed E-state index contributed by atoms with van der Waals surface area (Å²) in [6.07, 6.45) is 29.9. The predicted octanol–water partition coefficient (Wildman–Crippen LogP) is 7.97. The molecule has 144 valence electrons. The van der Waals surface area contributed by atoms with Crippen LogP contribution in [0.3, 0.4) is 0 Å². The minimum Gasteiger partial charge on any atom is -0.198 e. The highest BCUT2D eigenvalue weighted by Gasteiger charge is 1.82. The molecule has 0 bridgehead atoms. The minimum absolute atomic E-state index is 0.645. The summed E-state index contributed by atoms with van der Waals surface area (Å²) in [5.74, 6) is 0. The van der Waals surface area contributed by atoms with Gasteiger partial charge in [-0.15, -0.1) is 0 Å². The number of rotatable bonds is 14. The van der Waals surface area contributed by atoms with Crippen molar-refractivity contribution >= 4 is 0 Å². The molecule has 0 aromatic heterocycles. The Bertz CT molecular complexity index is 412. The van der Waals surface area contributed by atoms with Gasteiger partial charge in [0, 0.05) is 12.8 Å². The Labute approximate surface area is 162 Å². The van der Waals surface area contributed by atoms with E-state index in [1.54, 1.807) is 0 Å².